The second-order valence-electron chi connectivity index (χ2n) is 11.4. The van der Waals surface area contributed by atoms with Crippen LogP contribution in [-0.2, 0) is 46.4 Å². The fraction of sp³-hybridized carbons (Fsp3) is 0.333. The van der Waals surface area contributed by atoms with Crippen LogP contribution in [-0.4, -0.2) is 72.5 Å². The lowest BCUT2D eigenvalue weighted by atomic mass is 10.1. The van der Waals surface area contributed by atoms with Gasteiger partial charge in [-0.1, -0.05) is 49.4 Å². The summed E-state index contributed by atoms with van der Waals surface area (Å²) in [5, 5.41) is 2.67. The zero-order valence-corrected chi connectivity index (χ0v) is 26.7. The summed E-state index contributed by atoms with van der Waals surface area (Å²) in [5.74, 6) is -3.04. The molecule has 12 heteroatoms. The maximum absolute atomic E-state index is 13.8. The molecule has 0 bridgehead atoms. The lowest BCUT2D eigenvalue weighted by molar-refractivity contribution is -0.167. The fourth-order valence-corrected chi connectivity index (χ4v) is 5.83. The van der Waals surface area contributed by atoms with Crippen LogP contribution in [0.4, 0.5) is 17.1 Å². The third-order valence-corrected chi connectivity index (χ3v) is 8.21. The number of anilines is 2. The molecule has 5 rings (SSSR count). The van der Waals surface area contributed by atoms with Crippen molar-refractivity contribution in [3.63, 3.8) is 0 Å². The third-order valence-electron chi connectivity index (χ3n) is 8.21. The van der Waals surface area contributed by atoms with Crippen LogP contribution in [0, 0.1) is 6.57 Å². The molecule has 2 aliphatic rings. The summed E-state index contributed by atoms with van der Waals surface area (Å²) in [7, 11) is 0. The fourth-order valence-electron chi connectivity index (χ4n) is 5.83. The zero-order chi connectivity index (χ0) is 34.2. The van der Waals surface area contributed by atoms with Gasteiger partial charge in [0, 0.05) is 37.0 Å². The quantitative estimate of drug-likeness (QED) is 0.251. The van der Waals surface area contributed by atoms with E-state index in [-0.39, 0.29) is 31.2 Å². The Bertz CT molecular complexity index is 1740. The lowest BCUT2D eigenvalue weighted by Gasteiger charge is -2.35. The summed E-state index contributed by atoms with van der Waals surface area (Å²) in [6.45, 7) is 11.0. The van der Waals surface area contributed by atoms with Crippen molar-refractivity contribution in [2.24, 2.45) is 0 Å². The van der Waals surface area contributed by atoms with Gasteiger partial charge in [0.05, 0.1) is 13.2 Å². The van der Waals surface area contributed by atoms with Crippen molar-refractivity contribution in [2.45, 2.75) is 58.0 Å². The Morgan fingerprint density at radius 3 is 2.56 bits per heavy atom. The number of nitrogens with zero attached hydrogens (tertiary/aromatic N) is 3. The molecular formula is C36H36N4O8. The van der Waals surface area contributed by atoms with E-state index in [4.69, 9.17) is 20.8 Å². The first-order chi connectivity index (χ1) is 23.2. The SMILES string of the molecule is [C-]#[N+]c1ccc(NC(=O)[C@H](OC(C)=O)[C@H]2OCCN(c3cccc(C(=O)N4CCC[C@H]4C(=O)OCc4ccccc4)c3)C2=O)cc1CC. The predicted octanol–water partition coefficient (Wildman–Crippen LogP) is 4.45. The smallest absolute Gasteiger partial charge is 0.329 e. The van der Waals surface area contributed by atoms with Gasteiger partial charge in [-0.25, -0.2) is 9.64 Å². The van der Waals surface area contributed by atoms with Gasteiger partial charge in [0.2, 0.25) is 6.10 Å². The number of carbonyl (C=O) groups excluding carboxylic acids is 5. The van der Waals surface area contributed by atoms with Crippen molar-refractivity contribution in [2.75, 3.05) is 29.9 Å². The lowest BCUT2D eigenvalue weighted by Crippen LogP contribution is -2.56. The topological polar surface area (TPSA) is 136 Å². The molecular weight excluding hydrogens is 616 g/mol. The zero-order valence-electron chi connectivity index (χ0n) is 26.7. The van der Waals surface area contributed by atoms with Crippen LogP contribution >= 0.6 is 0 Å². The Hall–Kier alpha value is -5.54. The van der Waals surface area contributed by atoms with Crippen LogP contribution in [0.25, 0.3) is 4.85 Å². The highest BCUT2D eigenvalue weighted by atomic mass is 16.6. The van der Waals surface area contributed by atoms with Crippen molar-refractivity contribution >= 4 is 46.7 Å². The summed E-state index contributed by atoms with van der Waals surface area (Å²) in [6, 6.07) is 19.8. The first-order valence-electron chi connectivity index (χ1n) is 15.7. The number of nitrogens with one attached hydrogen (secondary N) is 1. The Labute approximate surface area is 278 Å². The van der Waals surface area contributed by atoms with Gasteiger partial charge in [-0.3, -0.25) is 19.2 Å². The van der Waals surface area contributed by atoms with E-state index in [1.807, 2.05) is 37.3 Å². The van der Waals surface area contributed by atoms with Crippen LogP contribution < -0.4 is 10.2 Å². The number of hydrogen-bond acceptors (Lipinski definition) is 8. The minimum atomic E-state index is -1.61. The molecule has 2 fully saturated rings. The summed E-state index contributed by atoms with van der Waals surface area (Å²) in [5.41, 5.74) is 3.05. The van der Waals surface area contributed by atoms with Gasteiger partial charge in [0.15, 0.2) is 11.8 Å². The van der Waals surface area contributed by atoms with Crippen LogP contribution in [0.5, 0.6) is 0 Å². The largest absolute Gasteiger partial charge is 0.459 e. The first kappa shape index (κ1) is 33.8. The van der Waals surface area contributed by atoms with E-state index >= 15 is 0 Å². The van der Waals surface area contributed by atoms with E-state index in [0.717, 1.165) is 18.1 Å². The molecule has 1 N–H and O–H groups in total. The van der Waals surface area contributed by atoms with Gasteiger partial charge in [0.25, 0.3) is 17.7 Å². The van der Waals surface area contributed by atoms with Crippen molar-refractivity contribution < 1.29 is 38.2 Å². The molecule has 2 heterocycles. The van der Waals surface area contributed by atoms with E-state index in [1.54, 1.807) is 42.5 Å². The molecule has 0 spiro atoms. The molecule has 0 saturated carbocycles. The Morgan fingerprint density at radius 1 is 1.04 bits per heavy atom. The average molecular weight is 653 g/mol. The Morgan fingerprint density at radius 2 is 1.83 bits per heavy atom. The predicted molar refractivity (Wildman–Crippen MR) is 175 cm³/mol. The van der Waals surface area contributed by atoms with Gasteiger partial charge < -0.3 is 29.3 Å². The molecule has 3 atom stereocenters. The van der Waals surface area contributed by atoms with Crippen molar-refractivity contribution in [1.29, 1.82) is 0 Å². The number of amides is 3. The second-order valence-corrected chi connectivity index (χ2v) is 11.4. The minimum Gasteiger partial charge on any atom is -0.459 e. The molecule has 248 valence electrons. The molecule has 48 heavy (non-hydrogen) atoms. The minimum absolute atomic E-state index is 0.0285. The van der Waals surface area contributed by atoms with E-state index < -0.39 is 42.0 Å². The maximum Gasteiger partial charge on any atom is 0.329 e. The number of esters is 2. The molecule has 3 amide bonds. The molecule has 3 aromatic rings. The summed E-state index contributed by atoms with van der Waals surface area (Å²) in [4.78, 5) is 72.2. The van der Waals surface area contributed by atoms with Crippen molar-refractivity contribution in [3.05, 3.63) is 101 Å². The van der Waals surface area contributed by atoms with Crippen LogP contribution in [0.15, 0.2) is 72.8 Å². The summed E-state index contributed by atoms with van der Waals surface area (Å²) >= 11 is 0. The number of morpholine rings is 1. The van der Waals surface area contributed by atoms with E-state index in [1.165, 1.54) is 9.80 Å². The van der Waals surface area contributed by atoms with E-state index in [9.17, 15) is 24.0 Å². The van der Waals surface area contributed by atoms with Gasteiger partial charge in [-0.2, -0.15) is 0 Å². The second kappa shape index (κ2) is 15.4. The number of likely N-dealkylation sites (tertiary alicyclic amines) is 1. The highest BCUT2D eigenvalue weighted by molar-refractivity contribution is 6.05. The molecule has 0 unspecified atom stereocenters. The standard InChI is InChI=1S/C36H36N4O8/c1-4-25-20-27(15-16-29(25)37-3)38-33(42)31(48-23(2)41)32-35(44)39(18-19-46-32)28-13-8-12-26(21-28)34(43)40-17-9-14-30(40)36(45)47-22-24-10-6-5-7-11-24/h5-8,10-13,15-16,20-21,30-32H,4,9,14,17-19,22H2,1-2H3,(H,38,42)/t30-,31+,32+/m0/s1. The number of rotatable bonds is 10. The molecule has 0 radical (unpaired) electrons. The van der Waals surface area contributed by atoms with E-state index in [0.29, 0.717) is 42.9 Å². The number of aryl methyl sites for hydroxylation is 1. The van der Waals surface area contributed by atoms with Gasteiger partial charge in [-0.15, -0.1) is 0 Å². The number of ether oxygens (including phenoxy) is 3. The van der Waals surface area contributed by atoms with Crippen molar-refractivity contribution in [3.8, 4) is 0 Å². The maximum atomic E-state index is 13.8. The summed E-state index contributed by atoms with van der Waals surface area (Å²) in [6.07, 6.45) is -1.39. The monoisotopic (exact) mass is 652 g/mol. The van der Waals surface area contributed by atoms with Crippen LogP contribution in [0.3, 0.4) is 0 Å². The van der Waals surface area contributed by atoms with Gasteiger partial charge in [-0.05, 0) is 60.7 Å². The molecule has 3 aromatic carbocycles. The van der Waals surface area contributed by atoms with E-state index in [2.05, 4.69) is 10.2 Å². The summed E-state index contributed by atoms with van der Waals surface area (Å²) < 4.78 is 16.5. The number of benzene rings is 3. The molecule has 2 saturated heterocycles. The van der Waals surface area contributed by atoms with Crippen LogP contribution in [0.1, 0.15) is 48.2 Å². The highest BCUT2D eigenvalue weighted by Crippen LogP contribution is 2.28. The van der Waals surface area contributed by atoms with Gasteiger partial charge in [0.1, 0.15) is 12.6 Å². The molecule has 0 aromatic heterocycles. The first-order valence-corrected chi connectivity index (χ1v) is 15.7. The molecule has 0 aliphatic carbocycles. The Balaban J connectivity index is 1.30. The average Bonchev–Trinajstić information content (AvgIpc) is 3.60. The van der Waals surface area contributed by atoms with Crippen molar-refractivity contribution in [1.82, 2.24) is 4.90 Å². The highest BCUT2D eigenvalue weighted by Gasteiger charge is 2.43. The Kier molecular flexibility index (Phi) is 10.8. The van der Waals surface area contributed by atoms with Crippen LogP contribution in [0.2, 0.25) is 0 Å². The third kappa shape index (κ3) is 7.70. The van der Waals surface area contributed by atoms with Gasteiger partial charge >= 0.3 is 11.9 Å². The molecule has 12 nitrogen and oxygen atoms in total. The number of carbonyl (C=O) groups is 5. The number of hydrogen-bond donors (Lipinski definition) is 1. The molecule has 2 aliphatic heterocycles. The normalized spacial score (nSPS) is 18.1.